The number of aldehydes is 1. The quantitative estimate of drug-likeness (QED) is 0.621. The SMILES string of the molecule is CCC/C=C(\N)CN(CC=O)C(=O)O. The molecule has 0 heterocycles. The van der Waals surface area contributed by atoms with Gasteiger partial charge >= 0.3 is 6.09 Å². The van der Waals surface area contributed by atoms with Crippen LogP contribution >= 0.6 is 0 Å². The first-order chi connectivity index (χ1) is 6.61. The Labute approximate surface area is 83.2 Å². The highest BCUT2D eigenvalue weighted by atomic mass is 16.4. The number of carbonyl (C=O) groups excluding carboxylic acids is 1. The van der Waals surface area contributed by atoms with Crippen LogP contribution in [-0.4, -0.2) is 35.5 Å². The maximum Gasteiger partial charge on any atom is 0.408 e. The van der Waals surface area contributed by atoms with Crippen molar-refractivity contribution in [2.24, 2.45) is 5.73 Å². The molecule has 0 rings (SSSR count). The number of hydrogen-bond acceptors (Lipinski definition) is 3. The first kappa shape index (κ1) is 12.5. The van der Waals surface area contributed by atoms with Crippen molar-refractivity contribution in [3.05, 3.63) is 11.8 Å². The van der Waals surface area contributed by atoms with E-state index in [1.807, 2.05) is 6.92 Å². The largest absolute Gasteiger partial charge is 0.465 e. The fourth-order valence-corrected chi connectivity index (χ4v) is 0.915. The van der Waals surface area contributed by atoms with E-state index in [0.29, 0.717) is 12.0 Å². The summed E-state index contributed by atoms with van der Waals surface area (Å²) in [5.74, 6) is 0. The molecule has 0 saturated heterocycles. The number of unbranched alkanes of at least 4 members (excludes halogenated alkanes) is 1. The van der Waals surface area contributed by atoms with Crippen molar-refractivity contribution in [3.63, 3.8) is 0 Å². The Kier molecular flexibility index (Phi) is 6.19. The molecule has 0 aliphatic carbocycles. The number of nitrogens with two attached hydrogens (primary N) is 1. The van der Waals surface area contributed by atoms with Gasteiger partial charge < -0.3 is 15.6 Å². The minimum atomic E-state index is -1.13. The van der Waals surface area contributed by atoms with E-state index in [4.69, 9.17) is 10.8 Å². The number of carbonyl (C=O) groups is 2. The summed E-state index contributed by atoms with van der Waals surface area (Å²) < 4.78 is 0. The first-order valence-corrected chi connectivity index (χ1v) is 4.47. The van der Waals surface area contributed by atoms with E-state index in [0.717, 1.165) is 17.7 Å². The van der Waals surface area contributed by atoms with Crippen molar-refractivity contribution in [2.75, 3.05) is 13.1 Å². The molecule has 0 aliphatic rings. The van der Waals surface area contributed by atoms with Gasteiger partial charge in [0.25, 0.3) is 0 Å². The molecule has 5 nitrogen and oxygen atoms in total. The van der Waals surface area contributed by atoms with Crippen LogP contribution in [0.3, 0.4) is 0 Å². The highest BCUT2D eigenvalue weighted by molar-refractivity contribution is 5.69. The monoisotopic (exact) mass is 200 g/mol. The van der Waals surface area contributed by atoms with Crippen LogP contribution in [0.1, 0.15) is 19.8 Å². The van der Waals surface area contributed by atoms with Gasteiger partial charge in [-0.15, -0.1) is 0 Å². The van der Waals surface area contributed by atoms with E-state index in [9.17, 15) is 9.59 Å². The van der Waals surface area contributed by atoms with Gasteiger partial charge in [0.2, 0.25) is 0 Å². The second-order valence-corrected chi connectivity index (χ2v) is 2.90. The van der Waals surface area contributed by atoms with Gasteiger partial charge in [-0.1, -0.05) is 19.4 Å². The fourth-order valence-electron chi connectivity index (χ4n) is 0.915. The maximum absolute atomic E-state index is 10.6. The molecule has 0 unspecified atom stereocenters. The van der Waals surface area contributed by atoms with Crippen LogP contribution in [0.15, 0.2) is 11.8 Å². The van der Waals surface area contributed by atoms with Gasteiger partial charge in [0.1, 0.15) is 6.29 Å². The van der Waals surface area contributed by atoms with Crippen molar-refractivity contribution in [1.82, 2.24) is 4.90 Å². The zero-order valence-electron chi connectivity index (χ0n) is 8.27. The highest BCUT2D eigenvalue weighted by Gasteiger charge is 2.10. The van der Waals surface area contributed by atoms with Crippen molar-refractivity contribution in [1.29, 1.82) is 0 Å². The predicted octanol–water partition coefficient (Wildman–Crippen LogP) is 0.808. The molecule has 0 atom stereocenters. The summed E-state index contributed by atoms with van der Waals surface area (Å²) >= 11 is 0. The van der Waals surface area contributed by atoms with Crippen LogP contribution < -0.4 is 5.73 Å². The molecule has 0 aromatic heterocycles. The average Bonchev–Trinajstić information content (AvgIpc) is 2.14. The van der Waals surface area contributed by atoms with Gasteiger partial charge in [0.05, 0.1) is 13.1 Å². The summed E-state index contributed by atoms with van der Waals surface area (Å²) in [6.07, 6.45) is 2.97. The zero-order chi connectivity index (χ0) is 11.0. The molecule has 0 radical (unpaired) electrons. The predicted molar refractivity (Wildman–Crippen MR) is 52.8 cm³/mol. The third-order valence-electron chi connectivity index (χ3n) is 1.63. The van der Waals surface area contributed by atoms with Crippen LogP contribution in [0.2, 0.25) is 0 Å². The molecule has 1 amide bonds. The lowest BCUT2D eigenvalue weighted by atomic mass is 10.3. The third-order valence-corrected chi connectivity index (χ3v) is 1.63. The second kappa shape index (κ2) is 6.94. The van der Waals surface area contributed by atoms with Gasteiger partial charge in [0.15, 0.2) is 0 Å². The van der Waals surface area contributed by atoms with Crippen molar-refractivity contribution >= 4 is 12.4 Å². The Morgan fingerprint density at radius 1 is 1.57 bits per heavy atom. The molecule has 0 fully saturated rings. The fraction of sp³-hybridized carbons (Fsp3) is 0.556. The summed E-state index contributed by atoms with van der Waals surface area (Å²) in [5, 5.41) is 8.66. The normalized spacial score (nSPS) is 11.1. The van der Waals surface area contributed by atoms with Gasteiger partial charge in [0, 0.05) is 5.70 Å². The standard InChI is InChI=1S/C9H16N2O3/c1-2-3-4-8(10)7-11(5-6-12)9(13)14/h4,6H,2-3,5,7,10H2,1H3,(H,13,14)/b8-4-. The average molecular weight is 200 g/mol. The van der Waals surface area contributed by atoms with Gasteiger partial charge in [-0.3, -0.25) is 4.90 Å². The molecule has 0 aliphatic heterocycles. The van der Waals surface area contributed by atoms with Gasteiger partial charge in [-0.25, -0.2) is 4.79 Å². The number of amides is 1. The van der Waals surface area contributed by atoms with E-state index in [2.05, 4.69) is 0 Å². The summed E-state index contributed by atoms with van der Waals surface area (Å²) in [6, 6.07) is 0. The Bertz CT molecular complexity index is 226. The summed E-state index contributed by atoms with van der Waals surface area (Å²) in [7, 11) is 0. The van der Waals surface area contributed by atoms with Crippen LogP contribution in [0.5, 0.6) is 0 Å². The molecular formula is C9H16N2O3. The Morgan fingerprint density at radius 3 is 2.64 bits per heavy atom. The van der Waals surface area contributed by atoms with E-state index in [1.165, 1.54) is 0 Å². The number of rotatable bonds is 6. The molecule has 80 valence electrons. The smallest absolute Gasteiger partial charge is 0.408 e. The molecule has 3 N–H and O–H groups in total. The van der Waals surface area contributed by atoms with E-state index in [-0.39, 0.29) is 13.1 Å². The maximum atomic E-state index is 10.6. The van der Waals surface area contributed by atoms with Gasteiger partial charge in [-0.2, -0.15) is 0 Å². The van der Waals surface area contributed by atoms with Crippen LogP contribution in [0.25, 0.3) is 0 Å². The lowest BCUT2D eigenvalue weighted by Gasteiger charge is -2.15. The minimum absolute atomic E-state index is 0.0913. The molecule has 0 aromatic carbocycles. The topological polar surface area (TPSA) is 83.6 Å². The van der Waals surface area contributed by atoms with Gasteiger partial charge in [-0.05, 0) is 6.42 Å². The molecule has 0 saturated carbocycles. The Hall–Kier alpha value is -1.52. The number of nitrogens with zero attached hydrogens (tertiary/aromatic N) is 1. The molecule has 5 heteroatoms. The Balaban J connectivity index is 4.14. The number of allylic oxidation sites excluding steroid dienone is 1. The lowest BCUT2D eigenvalue weighted by molar-refractivity contribution is -0.108. The van der Waals surface area contributed by atoms with E-state index in [1.54, 1.807) is 6.08 Å². The summed E-state index contributed by atoms with van der Waals surface area (Å²) in [5.41, 5.74) is 6.05. The van der Waals surface area contributed by atoms with E-state index < -0.39 is 6.09 Å². The van der Waals surface area contributed by atoms with Crippen molar-refractivity contribution in [2.45, 2.75) is 19.8 Å². The first-order valence-electron chi connectivity index (χ1n) is 4.47. The van der Waals surface area contributed by atoms with Crippen molar-refractivity contribution < 1.29 is 14.7 Å². The number of carboxylic acid groups (broad SMARTS) is 1. The highest BCUT2D eigenvalue weighted by Crippen LogP contribution is 1.97. The van der Waals surface area contributed by atoms with Crippen molar-refractivity contribution in [3.8, 4) is 0 Å². The molecule has 0 spiro atoms. The summed E-state index contributed by atoms with van der Waals surface area (Å²) in [6.45, 7) is 1.95. The summed E-state index contributed by atoms with van der Waals surface area (Å²) in [4.78, 5) is 21.7. The Morgan fingerprint density at radius 2 is 2.21 bits per heavy atom. The molecule has 0 aromatic rings. The van der Waals surface area contributed by atoms with Crippen LogP contribution in [-0.2, 0) is 4.79 Å². The number of hydrogen-bond donors (Lipinski definition) is 2. The second-order valence-electron chi connectivity index (χ2n) is 2.90. The van der Waals surface area contributed by atoms with Crippen LogP contribution in [0, 0.1) is 0 Å². The molecule has 14 heavy (non-hydrogen) atoms. The molecule has 0 bridgehead atoms. The molecular weight excluding hydrogens is 184 g/mol. The van der Waals surface area contributed by atoms with E-state index >= 15 is 0 Å². The van der Waals surface area contributed by atoms with Crippen LogP contribution in [0.4, 0.5) is 4.79 Å². The third kappa shape index (κ3) is 5.18. The lowest BCUT2D eigenvalue weighted by Crippen LogP contribution is -2.34. The zero-order valence-corrected chi connectivity index (χ0v) is 8.27. The minimum Gasteiger partial charge on any atom is -0.465 e.